The number of carbonyl (C=O) groups excluding carboxylic acids is 2. The van der Waals surface area contributed by atoms with Crippen LogP contribution in [0, 0.1) is 20.8 Å². The van der Waals surface area contributed by atoms with Gasteiger partial charge in [0.2, 0.25) is 0 Å². The normalized spacial score (nSPS) is 11.2. The number of fused-ring (bicyclic) bond motifs is 2. The lowest BCUT2D eigenvalue weighted by atomic mass is 10.1. The van der Waals surface area contributed by atoms with Crippen LogP contribution in [0.3, 0.4) is 0 Å². The van der Waals surface area contributed by atoms with Crippen LogP contribution in [0.25, 0.3) is 32.8 Å². The monoisotopic (exact) mass is 446 g/mol. The molecule has 0 spiro atoms. The van der Waals surface area contributed by atoms with Gasteiger partial charge in [-0.1, -0.05) is 18.2 Å². The first-order valence-corrected chi connectivity index (χ1v) is 10.7. The van der Waals surface area contributed by atoms with E-state index in [2.05, 4.69) is 20.8 Å². The Balaban J connectivity index is 1.40. The SMILES string of the molecule is Cc1c(C(=O)NNC(=O)c2sc3nc(-c4ccco4)nc(C)c3c2C)oc2ccccc12. The smallest absolute Gasteiger partial charge is 0.305 e. The molecule has 4 aromatic heterocycles. The molecule has 0 aliphatic heterocycles. The molecule has 9 heteroatoms. The van der Waals surface area contributed by atoms with E-state index in [4.69, 9.17) is 8.83 Å². The lowest BCUT2D eigenvalue weighted by Gasteiger charge is -2.06. The summed E-state index contributed by atoms with van der Waals surface area (Å²) in [7, 11) is 0. The summed E-state index contributed by atoms with van der Waals surface area (Å²) in [6.07, 6.45) is 1.56. The standard InChI is InChI=1S/C23H18N4O4S/c1-11-14-7-4-5-8-15(14)31-18(11)21(28)26-27-22(29)19-12(2)17-13(3)24-20(25-23(17)32-19)16-9-6-10-30-16/h4-10H,1-3H3,(H,26,28)(H,27,29). The molecule has 160 valence electrons. The largest absolute Gasteiger partial charge is 0.461 e. The van der Waals surface area contributed by atoms with Crippen molar-refractivity contribution < 1.29 is 18.4 Å². The molecule has 0 aliphatic carbocycles. The molecule has 32 heavy (non-hydrogen) atoms. The van der Waals surface area contributed by atoms with Gasteiger partial charge in [0.05, 0.1) is 16.8 Å². The number of nitrogens with one attached hydrogen (secondary N) is 2. The average molecular weight is 446 g/mol. The fourth-order valence-corrected chi connectivity index (χ4v) is 4.82. The summed E-state index contributed by atoms with van der Waals surface area (Å²) in [6.45, 7) is 5.50. The van der Waals surface area contributed by atoms with Crippen molar-refractivity contribution in [2.75, 3.05) is 0 Å². The number of hydrazine groups is 1. The molecule has 0 radical (unpaired) electrons. The van der Waals surface area contributed by atoms with Crippen LogP contribution in [-0.4, -0.2) is 21.8 Å². The van der Waals surface area contributed by atoms with Crippen LogP contribution in [0.15, 0.2) is 51.5 Å². The van der Waals surface area contributed by atoms with Crippen molar-refractivity contribution in [2.24, 2.45) is 0 Å². The van der Waals surface area contributed by atoms with Crippen molar-refractivity contribution in [1.29, 1.82) is 0 Å². The molecule has 0 unspecified atom stereocenters. The summed E-state index contributed by atoms with van der Waals surface area (Å²) >= 11 is 1.23. The number of nitrogens with zero attached hydrogens (tertiary/aromatic N) is 2. The van der Waals surface area contributed by atoms with Crippen LogP contribution in [0.4, 0.5) is 0 Å². The topological polar surface area (TPSA) is 110 Å². The summed E-state index contributed by atoms with van der Waals surface area (Å²) < 4.78 is 11.0. The van der Waals surface area contributed by atoms with Crippen molar-refractivity contribution in [1.82, 2.24) is 20.8 Å². The minimum Gasteiger partial charge on any atom is -0.461 e. The Hall–Kier alpha value is -3.98. The second-order valence-electron chi connectivity index (χ2n) is 7.31. The molecule has 2 amide bonds. The van der Waals surface area contributed by atoms with E-state index in [9.17, 15) is 9.59 Å². The van der Waals surface area contributed by atoms with Gasteiger partial charge in [0.25, 0.3) is 5.91 Å². The number of carbonyl (C=O) groups is 2. The zero-order chi connectivity index (χ0) is 22.4. The quantitative estimate of drug-likeness (QED) is 0.389. The lowest BCUT2D eigenvalue weighted by Crippen LogP contribution is -2.41. The summed E-state index contributed by atoms with van der Waals surface area (Å²) in [4.78, 5) is 35.6. The Kier molecular flexibility index (Phi) is 4.75. The van der Waals surface area contributed by atoms with Crippen molar-refractivity contribution in [2.45, 2.75) is 20.8 Å². The highest BCUT2D eigenvalue weighted by Gasteiger charge is 2.22. The molecule has 0 saturated carbocycles. The molecule has 2 N–H and O–H groups in total. The van der Waals surface area contributed by atoms with E-state index >= 15 is 0 Å². The second kappa shape index (κ2) is 7.61. The molecule has 0 aliphatic rings. The van der Waals surface area contributed by atoms with E-state index in [0.29, 0.717) is 32.4 Å². The molecule has 4 heterocycles. The Bertz CT molecular complexity index is 1500. The average Bonchev–Trinajstić information content (AvgIpc) is 3.51. The molecule has 0 bridgehead atoms. The van der Waals surface area contributed by atoms with Gasteiger partial charge >= 0.3 is 5.91 Å². The van der Waals surface area contributed by atoms with Gasteiger partial charge < -0.3 is 8.83 Å². The number of amides is 2. The Morgan fingerprint density at radius 1 is 0.938 bits per heavy atom. The minimum atomic E-state index is -0.526. The van der Waals surface area contributed by atoms with Gasteiger partial charge in [0.1, 0.15) is 10.4 Å². The molecular formula is C23H18N4O4S. The first kappa shape index (κ1) is 20.0. The molecule has 0 atom stereocenters. The third-order valence-electron chi connectivity index (χ3n) is 5.26. The predicted molar refractivity (Wildman–Crippen MR) is 120 cm³/mol. The third-order valence-corrected chi connectivity index (χ3v) is 6.44. The fraction of sp³-hybridized carbons (Fsp3) is 0.130. The maximum atomic E-state index is 12.8. The van der Waals surface area contributed by atoms with Crippen molar-refractivity contribution >= 4 is 44.3 Å². The van der Waals surface area contributed by atoms with Gasteiger partial charge in [0, 0.05) is 16.3 Å². The zero-order valence-electron chi connectivity index (χ0n) is 17.5. The number of rotatable bonds is 3. The summed E-state index contributed by atoms with van der Waals surface area (Å²) in [5.74, 6) is 0.209. The van der Waals surface area contributed by atoms with E-state index < -0.39 is 11.8 Å². The van der Waals surface area contributed by atoms with Crippen molar-refractivity contribution in [3.63, 3.8) is 0 Å². The number of furan rings is 2. The molecule has 0 fully saturated rings. The zero-order valence-corrected chi connectivity index (χ0v) is 18.3. The summed E-state index contributed by atoms with van der Waals surface area (Å²) in [5.41, 5.74) is 7.74. The summed E-state index contributed by atoms with van der Waals surface area (Å²) in [6, 6.07) is 10.9. The maximum Gasteiger partial charge on any atom is 0.305 e. The van der Waals surface area contributed by atoms with E-state index in [-0.39, 0.29) is 5.76 Å². The van der Waals surface area contributed by atoms with E-state index in [0.717, 1.165) is 22.0 Å². The summed E-state index contributed by atoms with van der Waals surface area (Å²) in [5, 5.41) is 1.67. The molecule has 8 nitrogen and oxygen atoms in total. The highest BCUT2D eigenvalue weighted by Crippen LogP contribution is 2.33. The second-order valence-corrected chi connectivity index (χ2v) is 8.31. The molecule has 5 aromatic rings. The van der Waals surface area contributed by atoms with E-state index in [1.807, 2.05) is 32.0 Å². The molecular weight excluding hydrogens is 428 g/mol. The van der Waals surface area contributed by atoms with Crippen LogP contribution >= 0.6 is 11.3 Å². The van der Waals surface area contributed by atoms with Crippen LogP contribution in [0.1, 0.15) is 37.0 Å². The van der Waals surface area contributed by atoms with Crippen LogP contribution < -0.4 is 10.9 Å². The highest BCUT2D eigenvalue weighted by atomic mass is 32.1. The van der Waals surface area contributed by atoms with Gasteiger partial charge in [-0.05, 0) is 44.5 Å². The number of aryl methyl sites for hydroxylation is 3. The lowest BCUT2D eigenvalue weighted by molar-refractivity contribution is 0.0833. The van der Waals surface area contributed by atoms with Crippen LogP contribution in [0.2, 0.25) is 0 Å². The molecule has 0 saturated heterocycles. The van der Waals surface area contributed by atoms with Gasteiger partial charge in [-0.15, -0.1) is 11.3 Å². The fourth-order valence-electron chi connectivity index (χ4n) is 3.69. The van der Waals surface area contributed by atoms with Crippen molar-refractivity contribution in [3.05, 3.63) is 70.1 Å². The Morgan fingerprint density at radius 3 is 2.47 bits per heavy atom. The first-order valence-electron chi connectivity index (χ1n) is 9.84. The third kappa shape index (κ3) is 3.23. The van der Waals surface area contributed by atoms with E-state index in [1.54, 1.807) is 31.4 Å². The molecule has 5 rings (SSSR count). The number of aromatic nitrogens is 2. The number of thiophene rings is 1. The number of hydrogen-bond donors (Lipinski definition) is 2. The van der Waals surface area contributed by atoms with Crippen LogP contribution in [0.5, 0.6) is 0 Å². The van der Waals surface area contributed by atoms with Gasteiger partial charge in [-0.2, -0.15) is 0 Å². The van der Waals surface area contributed by atoms with E-state index in [1.165, 1.54) is 11.3 Å². The minimum absolute atomic E-state index is 0.157. The van der Waals surface area contributed by atoms with Crippen LogP contribution in [-0.2, 0) is 0 Å². The number of hydrogen-bond acceptors (Lipinski definition) is 7. The highest BCUT2D eigenvalue weighted by molar-refractivity contribution is 7.20. The Labute approximate surface area is 186 Å². The van der Waals surface area contributed by atoms with Crippen molar-refractivity contribution in [3.8, 4) is 11.6 Å². The number of benzene rings is 1. The number of para-hydroxylation sites is 1. The predicted octanol–water partition coefficient (Wildman–Crippen LogP) is 4.70. The Morgan fingerprint density at radius 2 is 1.72 bits per heavy atom. The first-order chi connectivity index (χ1) is 15.4. The maximum absolute atomic E-state index is 12.8. The molecule has 1 aromatic carbocycles. The van der Waals surface area contributed by atoms with Gasteiger partial charge in [-0.25, -0.2) is 9.97 Å². The van der Waals surface area contributed by atoms with Gasteiger partial charge in [0.15, 0.2) is 17.3 Å². The van der Waals surface area contributed by atoms with Gasteiger partial charge in [-0.3, -0.25) is 20.4 Å².